The van der Waals surface area contributed by atoms with Crippen molar-refractivity contribution in [2.45, 2.75) is 96.4 Å². The standard InChI is InChI=1S/C23H35N3O3S.C6H15N/c1-3-5-7-11-14-25-18-19-16-21(26-15-6-4-2)23(22(17-19)30(24,27)28)29-20-12-9-8-10-13-20;1-2-3-4-5-6-7/h8-10,12-13,16-17,25-26H,3-7,11,14-15,18H2,1-2H3,(H2,24,27,28);2-7H2,1H3. The summed E-state index contributed by atoms with van der Waals surface area (Å²) in [6, 6.07) is 12.7. The average Bonchev–Trinajstić information content (AvgIpc) is 2.88. The fourth-order valence-electron chi connectivity index (χ4n) is 3.70. The molecule has 0 heterocycles. The van der Waals surface area contributed by atoms with Crippen molar-refractivity contribution in [1.29, 1.82) is 0 Å². The molecule has 2 aromatic rings. The van der Waals surface area contributed by atoms with Crippen LogP contribution in [0.1, 0.15) is 90.5 Å². The average molecular weight is 535 g/mol. The highest BCUT2D eigenvalue weighted by atomic mass is 32.2. The van der Waals surface area contributed by atoms with Crippen LogP contribution in [-0.4, -0.2) is 28.1 Å². The van der Waals surface area contributed by atoms with Crippen LogP contribution in [0.4, 0.5) is 5.69 Å². The second-order valence-electron chi connectivity index (χ2n) is 9.30. The Kier molecular flexibility index (Phi) is 17.7. The highest BCUT2D eigenvalue weighted by Crippen LogP contribution is 2.37. The first-order chi connectivity index (χ1) is 17.9. The van der Waals surface area contributed by atoms with Gasteiger partial charge in [-0.1, -0.05) is 83.9 Å². The number of nitrogens with two attached hydrogens (primary N) is 2. The first-order valence-electron chi connectivity index (χ1n) is 13.9. The molecule has 2 aromatic carbocycles. The summed E-state index contributed by atoms with van der Waals surface area (Å²) in [5.74, 6) is 0.800. The van der Waals surface area contributed by atoms with Crippen LogP contribution in [0.2, 0.25) is 0 Å². The first kappa shape index (κ1) is 32.9. The van der Waals surface area contributed by atoms with Crippen molar-refractivity contribution in [3.8, 4) is 11.5 Å². The van der Waals surface area contributed by atoms with E-state index in [0.717, 1.165) is 44.5 Å². The zero-order chi connectivity index (χ0) is 27.4. The van der Waals surface area contributed by atoms with Crippen molar-refractivity contribution in [2.75, 3.05) is 25.0 Å². The molecule has 0 saturated heterocycles. The molecule has 37 heavy (non-hydrogen) atoms. The van der Waals surface area contributed by atoms with E-state index in [2.05, 4.69) is 31.4 Å². The summed E-state index contributed by atoms with van der Waals surface area (Å²) in [7, 11) is -3.96. The Balaban J connectivity index is 0.000000856. The van der Waals surface area contributed by atoms with Gasteiger partial charge in [0.05, 0.1) is 5.69 Å². The SMILES string of the molecule is CCCCCCN.CCCCCCNCc1cc(NCCCC)c(Oc2ccccc2)c(S(N)(=O)=O)c1. The molecule has 0 spiro atoms. The minimum atomic E-state index is -3.96. The third-order valence-corrected chi connectivity index (χ3v) is 6.74. The predicted molar refractivity (Wildman–Crippen MR) is 157 cm³/mol. The number of ether oxygens (including phenoxy) is 1. The molecular formula is C29H50N4O3S. The van der Waals surface area contributed by atoms with Crippen molar-refractivity contribution >= 4 is 15.7 Å². The maximum absolute atomic E-state index is 12.4. The molecule has 0 bridgehead atoms. The summed E-state index contributed by atoms with van der Waals surface area (Å²) >= 11 is 0. The van der Waals surface area contributed by atoms with Crippen molar-refractivity contribution in [2.24, 2.45) is 10.9 Å². The molecule has 210 valence electrons. The Morgan fingerprint density at radius 3 is 2.05 bits per heavy atom. The van der Waals surface area contributed by atoms with Gasteiger partial charge in [-0.15, -0.1) is 0 Å². The van der Waals surface area contributed by atoms with E-state index in [0.29, 0.717) is 18.0 Å². The number of hydrogen-bond acceptors (Lipinski definition) is 6. The monoisotopic (exact) mass is 534 g/mol. The van der Waals surface area contributed by atoms with Crippen molar-refractivity contribution in [1.82, 2.24) is 5.32 Å². The van der Waals surface area contributed by atoms with E-state index in [1.54, 1.807) is 18.2 Å². The third kappa shape index (κ3) is 14.4. The van der Waals surface area contributed by atoms with Gasteiger partial charge in [-0.3, -0.25) is 0 Å². The number of primary sulfonamides is 1. The van der Waals surface area contributed by atoms with Crippen LogP contribution < -0.4 is 26.2 Å². The van der Waals surface area contributed by atoms with Gasteiger partial charge in [0.25, 0.3) is 0 Å². The smallest absolute Gasteiger partial charge is 0.241 e. The van der Waals surface area contributed by atoms with E-state index < -0.39 is 10.0 Å². The van der Waals surface area contributed by atoms with Crippen molar-refractivity contribution < 1.29 is 13.2 Å². The van der Waals surface area contributed by atoms with Crippen LogP contribution in [0, 0.1) is 0 Å². The second-order valence-corrected chi connectivity index (χ2v) is 10.8. The Labute approximate surface area is 225 Å². The maximum Gasteiger partial charge on any atom is 0.241 e. The summed E-state index contributed by atoms with van der Waals surface area (Å²) in [6.45, 7) is 9.55. The summed E-state index contributed by atoms with van der Waals surface area (Å²) < 4.78 is 30.7. The van der Waals surface area contributed by atoms with Crippen molar-refractivity contribution in [3.05, 3.63) is 48.0 Å². The summed E-state index contributed by atoms with van der Waals surface area (Å²) in [6.07, 6.45) is 11.9. The topological polar surface area (TPSA) is 119 Å². The van der Waals surface area contributed by atoms with Gasteiger partial charge in [-0.25, -0.2) is 13.6 Å². The van der Waals surface area contributed by atoms with E-state index in [1.807, 2.05) is 24.3 Å². The van der Waals surface area contributed by atoms with Crippen LogP contribution >= 0.6 is 0 Å². The highest BCUT2D eigenvalue weighted by Gasteiger charge is 2.21. The fourth-order valence-corrected chi connectivity index (χ4v) is 4.42. The Morgan fingerprint density at radius 1 is 0.811 bits per heavy atom. The lowest BCUT2D eigenvalue weighted by atomic mass is 10.1. The zero-order valence-corrected chi connectivity index (χ0v) is 24.0. The van der Waals surface area contributed by atoms with E-state index in [1.165, 1.54) is 44.9 Å². The number of sulfonamides is 1. The predicted octanol–water partition coefficient (Wildman–Crippen LogP) is 6.53. The molecule has 0 fully saturated rings. The molecule has 0 aliphatic rings. The Bertz CT molecular complexity index is 949. The largest absolute Gasteiger partial charge is 0.454 e. The lowest BCUT2D eigenvalue weighted by Crippen LogP contribution is -2.18. The lowest BCUT2D eigenvalue weighted by Gasteiger charge is -2.18. The van der Waals surface area contributed by atoms with Gasteiger partial charge in [0.1, 0.15) is 10.6 Å². The summed E-state index contributed by atoms with van der Waals surface area (Å²) in [4.78, 5) is -0.00404. The van der Waals surface area contributed by atoms with Gasteiger partial charge < -0.3 is 21.1 Å². The molecule has 7 nitrogen and oxygen atoms in total. The molecule has 0 aromatic heterocycles. The maximum atomic E-state index is 12.4. The number of benzene rings is 2. The lowest BCUT2D eigenvalue weighted by molar-refractivity contribution is 0.468. The molecule has 8 heteroatoms. The normalized spacial score (nSPS) is 11.1. The number of anilines is 1. The first-order valence-corrected chi connectivity index (χ1v) is 15.5. The molecule has 6 N–H and O–H groups in total. The summed E-state index contributed by atoms with van der Waals surface area (Å²) in [5, 5.41) is 12.3. The molecule has 0 aliphatic carbocycles. The van der Waals surface area contributed by atoms with Gasteiger partial charge in [0.2, 0.25) is 10.0 Å². The number of para-hydroxylation sites is 1. The molecule has 0 amide bonds. The van der Waals surface area contributed by atoms with Crippen LogP contribution in [-0.2, 0) is 16.6 Å². The van der Waals surface area contributed by atoms with Gasteiger partial charge in [-0.05, 0) is 62.2 Å². The second kappa shape index (κ2) is 19.9. The molecule has 0 unspecified atom stereocenters. The van der Waals surface area contributed by atoms with Crippen LogP contribution in [0.5, 0.6) is 11.5 Å². The minimum absolute atomic E-state index is 0.00404. The van der Waals surface area contributed by atoms with Crippen LogP contribution in [0.25, 0.3) is 0 Å². The fraction of sp³-hybridized carbons (Fsp3) is 0.586. The van der Waals surface area contributed by atoms with Gasteiger partial charge in [-0.2, -0.15) is 0 Å². The summed E-state index contributed by atoms with van der Waals surface area (Å²) in [5.41, 5.74) is 6.77. The molecule has 0 atom stereocenters. The Hall–Kier alpha value is -2.13. The number of nitrogens with one attached hydrogen (secondary N) is 2. The van der Waals surface area contributed by atoms with E-state index >= 15 is 0 Å². The van der Waals surface area contributed by atoms with Gasteiger partial charge >= 0.3 is 0 Å². The number of unbranched alkanes of at least 4 members (excludes halogenated alkanes) is 7. The van der Waals surface area contributed by atoms with Gasteiger partial charge in [0, 0.05) is 13.1 Å². The Morgan fingerprint density at radius 2 is 1.46 bits per heavy atom. The van der Waals surface area contributed by atoms with Crippen molar-refractivity contribution in [3.63, 3.8) is 0 Å². The van der Waals surface area contributed by atoms with Crippen LogP contribution in [0.3, 0.4) is 0 Å². The third-order valence-electron chi connectivity index (χ3n) is 5.82. The number of rotatable bonds is 18. The van der Waals surface area contributed by atoms with Gasteiger partial charge in [0.15, 0.2) is 5.75 Å². The van der Waals surface area contributed by atoms with E-state index in [-0.39, 0.29) is 10.6 Å². The molecular weight excluding hydrogens is 484 g/mol. The molecule has 0 radical (unpaired) electrons. The molecule has 0 saturated carbocycles. The number of hydrogen-bond donors (Lipinski definition) is 4. The van der Waals surface area contributed by atoms with E-state index in [4.69, 9.17) is 15.6 Å². The molecule has 2 rings (SSSR count). The zero-order valence-electron chi connectivity index (χ0n) is 23.2. The highest BCUT2D eigenvalue weighted by molar-refractivity contribution is 7.89. The van der Waals surface area contributed by atoms with Crippen LogP contribution in [0.15, 0.2) is 47.4 Å². The molecule has 0 aliphatic heterocycles. The minimum Gasteiger partial charge on any atom is -0.454 e. The van der Waals surface area contributed by atoms with E-state index in [9.17, 15) is 8.42 Å². The quantitative estimate of drug-likeness (QED) is 0.161.